The Labute approximate surface area is 66.9 Å². The molecule has 1 heterocycles. The Hall–Kier alpha value is -0.530. The van der Waals surface area contributed by atoms with Crippen LogP contribution in [0.15, 0.2) is 0 Å². The molecule has 1 saturated carbocycles. The van der Waals surface area contributed by atoms with E-state index in [1.54, 1.807) is 0 Å². The molecule has 0 spiro atoms. The molecule has 0 aromatic heterocycles. The lowest BCUT2D eigenvalue weighted by molar-refractivity contribution is -0.186. The Kier molecular flexibility index (Phi) is 1.44. The molecule has 62 valence electrons. The van der Waals surface area contributed by atoms with Crippen LogP contribution in [-0.2, 0) is 9.53 Å². The van der Waals surface area contributed by atoms with Crippen LogP contribution >= 0.6 is 0 Å². The number of esters is 1. The summed E-state index contributed by atoms with van der Waals surface area (Å²) < 4.78 is 4.78. The Morgan fingerprint density at radius 2 is 2.36 bits per heavy atom. The van der Waals surface area contributed by atoms with Gasteiger partial charge in [0.1, 0.15) is 6.61 Å². The molecule has 1 saturated heterocycles. The van der Waals surface area contributed by atoms with Gasteiger partial charge in [0, 0.05) is 0 Å². The molecule has 2 heteroatoms. The van der Waals surface area contributed by atoms with Gasteiger partial charge in [0.2, 0.25) is 0 Å². The van der Waals surface area contributed by atoms with E-state index in [1.807, 2.05) is 6.92 Å². The van der Waals surface area contributed by atoms with E-state index in [0.717, 1.165) is 12.3 Å². The fourth-order valence-electron chi connectivity index (χ4n) is 1.85. The molecule has 2 rings (SSSR count). The normalized spacial score (nSPS) is 37.4. The van der Waals surface area contributed by atoms with Crippen molar-refractivity contribution in [2.24, 2.45) is 11.3 Å². The minimum Gasteiger partial charge on any atom is -0.464 e. The molecule has 1 unspecified atom stereocenters. The van der Waals surface area contributed by atoms with Gasteiger partial charge in [-0.25, -0.2) is 0 Å². The van der Waals surface area contributed by atoms with Crippen LogP contribution in [0.2, 0.25) is 0 Å². The molecule has 2 nitrogen and oxygen atoms in total. The number of hydrogen-bond acceptors (Lipinski definition) is 2. The minimum absolute atomic E-state index is 0.0180. The van der Waals surface area contributed by atoms with E-state index in [-0.39, 0.29) is 11.4 Å². The van der Waals surface area contributed by atoms with Crippen LogP contribution < -0.4 is 0 Å². The summed E-state index contributed by atoms with van der Waals surface area (Å²) in [6.07, 6.45) is 5.06. The van der Waals surface area contributed by atoms with Gasteiger partial charge in [0.15, 0.2) is 0 Å². The predicted octanol–water partition coefficient (Wildman–Crippen LogP) is 1.74. The summed E-state index contributed by atoms with van der Waals surface area (Å²) in [5, 5.41) is 0. The molecular weight excluding hydrogens is 140 g/mol. The highest BCUT2D eigenvalue weighted by atomic mass is 16.6. The van der Waals surface area contributed by atoms with Crippen LogP contribution in [0.1, 0.15) is 32.6 Å². The van der Waals surface area contributed by atoms with Crippen molar-refractivity contribution in [3.8, 4) is 0 Å². The third kappa shape index (κ3) is 1.05. The van der Waals surface area contributed by atoms with Crippen molar-refractivity contribution in [1.29, 1.82) is 0 Å². The van der Waals surface area contributed by atoms with Crippen molar-refractivity contribution in [3.63, 3.8) is 0 Å². The van der Waals surface area contributed by atoms with Crippen molar-refractivity contribution < 1.29 is 9.53 Å². The van der Waals surface area contributed by atoms with E-state index in [4.69, 9.17) is 4.74 Å². The first-order valence-electron chi connectivity index (χ1n) is 4.38. The molecule has 1 aliphatic heterocycles. The summed E-state index contributed by atoms with van der Waals surface area (Å²) in [6, 6.07) is 0. The fourth-order valence-corrected chi connectivity index (χ4v) is 1.85. The van der Waals surface area contributed by atoms with Crippen molar-refractivity contribution in [3.05, 3.63) is 0 Å². The molecule has 2 fully saturated rings. The summed E-state index contributed by atoms with van der Waals surface area (Å²) in [6.45, 7) is 2.68. The Morgan fingerprint density at radius 3 is 2.64 bits per heavy atom. The van der Waals surface area contributed by atoms with E-state index in [1.165, 1.54) is 19.3 Å². The Bertz CT molecular complexity index is 184. The van der Waals surface area contributed by atoms with E-state index in [2.05, 4.69) is 0 Å². The maximum absolute atomic E-state index is 11.0. The third-order valence-corrected chi connectivity index (χ3v) is 2.98. The van der Waals surface area contributed by atoms with Crippen molar-refractivity contribution >= 4 is 5.97 Å². The SMILES string of the molecule is CC1(CC2CCC2)COC1=O. The summed E-state index contributed by atoms with van der Waals surface area (Å²) in [7, 11) is 0. The van der Waals surface area contributed by atoms with Gasteiger partial charge in [0.25, 0.3) is 0 Å². The minimum atomic E-state index is -0.106. The van der Waals surface area contributed by atoms with Crippen LogP contribution in [0.25, 0.3) is 0 Å². The predicted molar refractivity (Wildman–Crippen MR) is 41.0 cm³/mol. The van der Waals surface area contributed by atoms with Gasteiger partial charge >= 0.3 is 5.97 Å². The topological polar surface area (TPSA) is 26.3 Å². The number of carbonyl (C=O) groups excluding carboxylic acids is 1. The molecule has 0 aromatic carbocycles. The first-order valence-corrected chi connectivity index (χ1v) is 4.38. The number of hydrogen-bond donors (Lipinski definition) is 0. The van der Waals surface area contributed by atoms with E-state index >= 15 is 0 Å². The molecule has 0 radical (unpaired) electrons. The maximum atomic E-state index is 11.0. The molecule has 11 heavy (non-hydrogen) atoms. The summed E-state index contributed by atoms with van der Waals surface area (Å²) in [5.74, 6) is 0.831. The highest BCUT2D eigenvalue weighted by Gasteiger charge is 2.46. The van der Waals surface area contributed by atoms with Gasteiger partial charge in [-0.1, -0.05) is 19.3 Å². The zero-order valence-electron chi connectivity index (χ0n) is 6.93. The number of carbonyl (C=O) groups is 1. The smallest absolute Gasteiger partial charge is 0.315 e. The molecular formula is C9H14O2. The van der Waals surface area contributed by atoms with Gasteiger partial charge in [-0.15, -0.1) is 0 Å². The summed E-state index contributed by atoms with van der Waals surface area (Å²) >= 11 is 0. The zero-order chi connectivity index (χ0) is 7.90. The standard InChI is InChI=1S/C9H14O2/c1-9(6-11-8(9)10)5-7-3-2-4-7/h7H,2-6H2,1H3. The monoisotopic (exact) mass is 154 g/mol. The van der Waals surface area contributed by atoms with Gasteiger partial charge in [-0.3, -0.25) is 4.79 Å². The van der Waals surface area contributed by atoms with E-state index in [0.29, 0.717) is 6.61 Å². The van der Waals surface area contributed by atoms with Gasteiger partial charge in [0.05, 0.1) is 5.41 Å². The molecule has 0 N–H and O–H groups in total. The third-order valence-electron chi connectivity index (χ3n) is 2.98. The molecule has 0 bridgehead atoms. The van der Waals surface area contributed by atoms with Crippen LogP contribution in [0, 0.1) is 11.3 Å². The fraction of sp³-hybridized carbons (Fsp3) is 0.889. The molecule has 2 aliphatic rings. The second-order valence-corrected chi connectivity index (χ2v) is 4.14. The highest BCUT2D eigenvalue weighted by molar-refractivity contribution is 5.81. The number of cyclic esters (lactones) is 1. The van der Waals surface area contributed by atoms with Crippen molar-refractivity contribution in [2.45, 2.75) is 32.6 Å². The number of rotatable bonds is 2. The molecule has 1 aliphatic carbocycles. The lowest BCUT2D eigenvalue weighted by atomic mass is 9.71. The highest BCUT2D eigenvalue weighted by Crippen LogP contribution is 2.41. The lowest BCUT2D eigenvalue weighted by Gasteiger charge is -2.40. The maximum Gasteiger partial charge on any atom is 0.315 e. The molecule has 0 aromatic rings. The first-order chi connectivity index (χ1) is 5.21. The second-order valence-electron chi connectivity index (χ2n) is 4.14. The van der Waals surface area contributed by atoms with Crippen LogP contribution in [0.4, 0.5) is 0 Å². The average Bonchev–Trinajstić information content (AvgIpc) is 1.93. The van der Waals surface area contributed by atoms with Gasteiger partial charge < -0.3 is 4.74 Å². The largest absolute Gasteiger partial charge is 0.464 e. The second kappa shape index (κ2) is 2.23. The van der Waals surface area contributed by atoms with E-state index < -0.39 is 0 Å². The Morgan fingerprint density at radius 1 is 1.64 bits per heavy atom. The first kappa shape index (κ1) is 7.14. The van der Waals surface area contributed by atoms with Crippen LogP contribution in [-0.4, -0.2) is 12.6 Å². The van der Waals surface area contributed by atoms with Gasteiger partial charge in [-0.2, -0.15) is 0 Å². The molecule has 0 amide bonds. The Balaban J connectivity index is 1.88. The van der Waals surface area contributed by atoms with Crippen molar-refractivity contribution in [1.82, 2.24) is 0 Å². The van der Waals surface area contributed by atoms with Crippen LogP contribution in [0.3, 0.4) is 0 Å². The van der Waals surface area contributed by atoms with Crippen molar-refractivity contribution in [2.75, 3.05) is 6.61 Å². The quantitative estimate of drug-likeness (QED) is 0.566. The summed E-state index contributed by atoms with van der Waals surface area (Å²) in [4.78, 5) is 11.0. The zero-order valence-corrected chi connectivity index (χ0v) is 6.93. The van der Waals surface area contributed by atoms with Crippen LogP contribution in [0.5, 0.6) is 0 Å². The van der Waals surface area contributed by atoms with E-state index in [9.17, 15) is 4.79 Å². The van der Waals surface area contributed by atoms with Gasteiger partial charge in [-0.05, 0) is 19.3 Å². The molecule has 1 atom stereocenters. The lowest BCUT2D eigenvalue weighted by Crippen LogP contribution is -2.47. The number of ether oxygens (including phenoxy) is 1. The average molecular weight is 154 g/mol. The summed E-state index contributed by atoms with van der Waals surface area (Å²) in [5.41, 5.74) is -0.106.